The van der Waals surface area contributed by atoms with Crippen molar-refractivity contribution in [2.24, 2.45) is 0 Å². The van der Waals surface area contributed by atoms with E-state index in [-0.39, 0.29) is 12.1 Å². The molecule has 0 aliphatic heterocycles. The van der Waals surface area contributed by atoms with E-state index in [1.807, 2.05) is 32.2 Å². The van der Waals surface area contributed by atoms with Crippen LogP contribution in [0.25, 0.3) is 0 Å². The van der Waals surface area contributed by atoms with Crippen LogP contribution in [-0.2, 0) is 11.2 Å². The highest BCUT2D eigenvalue weighted by Gasteiger charge is 2.16. The lowest BCUT2D eigenvalue weighted by atomic mass is 10.0. The van der Waals surface area contributed by atoms with Crippen molar-refractivity contribution in [1.29, 1.82) is 0 Å². The average Bonchev–Trinajstić information content (AvgIpc) is 2.30. The number of halogens is 2. The molecule has 1 aromatic carbocycles. The van der Waals surface area contributed by atoms with Gasteiger partial charge in [0.15, 0.2) is 0 Å². The topological polar surface area (TPSA) is 21.3 Å². The largest absolute Gasteiger partial charge is 0.377 e. The highest BCUT2D eigenvalue weighted by Crippen LogP contribution is 2.23. The summed E-state index contributed by atoms with van der Waals surface area (Å²) in [6.45, 7) is 4.80. The summed E-state index contributed by atoms with van der Waals surface area (Å²) >= 11 is 11.9. The Bertz CT molecular complexity index is 357. The molecule has 96 valence electrons. The lowest BCUT2D eigenvalue weighted by Crippen LogP contribution is -2.39. The Balaban J connectivity index is 2.70. The van der Waals surface area contributed by atoms with Crippen molar-refractivity contribution in [1.82, 2.24) is 5.32 Å². The van der Waals surface area contributed by atoms with Crippen LogP contribution >= 0.6 is 23.2 Å². The van der Waals surface area contributed by atoms with Crippen molar-refractivity contribution in [3.05, 3.63) is 33.8 Å². The summed E-state index contributed by atoms with van der Waals surface area (Å²) in [5.74, 6) is 0. The highest BCUT2D eigenvalue weighted by atomic mass is 35.5. The maximum atomic E-state index is 6.00. The molecule has 0 spiro atoms. The van der Waals surface area contributed by atoms with Crippen LogP contribution < -0.4 is 5.32 Å². The SMILES string of the molecule is CCOC(C)C(Cc1ccc(Cl)c(Cl)c1)NC. The summed E-state index contributed by atoms with van der Waals surface area (Å²) in [6.07, 6.45) is 1.04. The van der Waals surface area contributed by atoms with Gasteiger partial charge in [-0.1, -0.05) is 29.3 Å². The van der Waals surface area contributed by atoms with E-state index in [2.05, 4.69) is 12.2 Å². The van der Waals surface area contributed by atoms with Gasteiger partial charge in [-0.3, -0.25) is 0 Å². The first kappa shape index (κ1) is 14.8. The van der Waals surface area contributed by atoms with Gasteiger partial charge in [0.1, 0.15) is 0 Å². The molecule has 0 aliphatic carbocycles. The smallest absolute Gasteiger partial charge is 0.0702 e. The first-order valence-electron chi connectivity index (χ1n) is 5.81. The van der Waals surface area contributed by atoms with Gasteiger partial charge < -0.3 is 10.1 Å². The molecule has 1 N–H and O–H groups in total. The molecule has 1 rings (SSSR count). The van der Waals surface area contributed by atoms with Gasteiger partial charge >= 0.3 is 0 Å². The van der Waals surface area contributed by atoms with Crippen LogP contribution in [0.3, 0.4) is 0 Å². The van der Waals surface area contributed by atoms with Crippen LogP contribution in [0.15, 0.2) is 18.2 Å². The Morgan fingerprint density at radius 1 is 1.29 bits per heavy atom. The molecule has 2 atom stereocenters. The van der Waals surface area contributed by atoms with E-state index in [1.165, 1.54) is 0 Å². The fourth-order valence-corrected chi connectivity index (χ4v) is 2.12. The normalized spacial score (nSPS) is 14.6. The Morgan fingerprint density at radius 3 is 2.53 bits per heavy atom. The fourth-order valence-electron chi connectivity index (χ4n) is 1.80. The second-order valence-corrected chi connectivity index (χ2v) is 4.82. The second kappa shape index (κ2) is 7.22. The van der Waals surface area contributed by atoms with Gasteiger partial charge in [0.05, 0.1) is 16.1 Å². The Kier molecular flexibility index (Phi) is 6.28. The van der Waals surface area contributed by atoms with Crippen LogP contribution in [0.2, 0.25) is 10.0 Å². The summed E-state index contributed by atoms with van der Waals surface area (Å²) in [5, 5.41) is 4.46. The molecule has 0 radical (unpaired) electrons. The fraction of sp³-hybridized carbons (Fsp3) is 0.538. The Morgan fingerprint density at radius 2 is 2.00 bits per heavy atom. The summed E-state index contributed by atoms with van der Waals surface area (Å²) in [6, 6.07) is 6.01. The summed E-state index contributed by atoms with van der Waals surface area (Å²) < 4.78 is 5.60. The predicted octanol–water partition coefficient (Wildman–Crippen LogP) is 3.55. The van der Waals surface area contributed by atoms with Gasteiger partial charge in [-0.15, -0.1) is 0 Å². The maximum absolute atomic E-state index is 6.00. The van der Waals surface area contributed by atoms with Crippen LogP contribution in [0.1, 0.15) is 19.4 Å². The number of likely N-dealkylation sites (N-methyl/N-ethyl adjacent to an activating group) is 1. The molecule has 4 heteroatoms. The lowest BCUT2D eigenvalue weighted by Gasteiger charge is -2.23. The Hall–Kier alpha value is -0.280. The molecule has 1 aromatic rings. The zero-order valence-electron chi connectivity index (χ0n) is 10.5. The van der Waals surface area contributed by atoms with Crippen LogP contribution in [0.4, 0.5) is 0 Å². The number of rotatable bonds is 6. The van der Waals surface area contributed by atoms with Crippen molar-refractivity contribution in [3.8, 4) is 0 Å². The van der Waals surface area contributed by atoms with E-state index in [0.29, 0.717) is 10.0 Å². The third kappa shape index (κ3) is 4.47. The zero-order valence-corrected chi connectivity index (χ0v) is 12.0. The number of nitrogens with one attached hydrogen (secondary N) is 1. The third-order valence-electron chi connectivity index (χ3n) is 2.81. The minimum absolute atomic E-state index is 0.166. The van der Waals surface area contributed by atoms with Gasteiger partial charge in [-0.05, 0) is 45.0 Å². The van der Waals surface area contributed by atoms with E-state index in [0.717, 1.165) is 18.6 Å². The van der Waals surface area contributed by atoms with E-state index in [9.17, 15) is 0 Å². The maximum Gasteiger partial charge on any atom is 0.0702 e. The van der Waals surface area contributed by atoms with Crippen molar-refractivity contribution in [3.63, 3.8) is 0 Å². The first-order chi connectivity index (χ1) is 8.08. The second-order valence-electron chi connectivity index (χ2n) is 4.01. The first-order valence-corrected chi connectivity index (χ1v) is 6.56. The van der Waals surface area contributed by atoms with E-state index in [4.69, 9.17) is 27.9 Å². The molecule has 0 fully saturated rings. The molecule has 17 heavy (non-hydrogen) atoms. The molecule has 0 heterocycles. The average molecular weight is 276 g/mol. The van der Waals surface area contributed by atoms with E-state index < -0.39 is 0 Å². The Labute approximate surface area is 113 Å². The number of benzene rings is 1. The highest BCUT2D eigenvalue weighted by molar-refractivity contribution is 6.42. The quantitative estimate of drug-likeness (QED) is 0.858. The van der Waals surface area contributed by atoms with E-state index >= 15 is 0 Å². The van der Waals surface area contributed by atoms with Gasteiger partial charge in [0.25, 0.3) is 0 Å². The molecule has 0 saturated heterocycles. The minimum atomic E-state index is 0.166. The molecular weight excluding hydrogens is 257 g/mol. The lowest BCUT2D eigenvalue weighted by molar-refractivity contribution is 0.0497. The standard InChI is InChI=1S/C13H19Cl2NO/c1-4-17-9(2)13(16-3)8-10-5-6-11(14)12(15)7-10/h5-7,9,13,16H,4,8H2,1-3H3. The van der Waals surface area contributed by atoms with Gasteiger partial charge in [0.2, 0.25) is 0 Å². The number of hydrogen-bond acceptors (Lipinski definition) is 2. The van der Waals surface area contributed by atoms with Crippen LogP contribution in [0.5, 0.6) is 0 Å². The third-order valence-corrected chi connectivity index (χ3v) is 3.55. The molecule has 0 aliphatic rings. The van der Waals surface area contributed by atoms with E-state index in [1.54, 1.807) is 0 Å². The monoisotopic (exact) mass is 275 g/mol. The van der Waals surface area contributed by atoms with Crippen molar-refractivity contribution in [2.45, 2.75) is 32.4 Å². The molecule has 0 bridgehead atoms. The molecule has 0 saturated carbocycles. The molecule has 0 aromatic heterocycles. The van der Waals surface area contributed by atoms with Crippen LogP contribution in [0, 0.1) is 0 Å². The summed E-state index contributed by atoms with van der Waals surface area (Å²) in [5.41, 5.74) is 1.16. The molecule has 0 amide bonds. The molecular formula is C13H19Cl2NO. The summed E-state index contributed by atoms with van der Waals surface area (Å²) in [4.78, 5) is 0. The van der Waals surface area contributed by atoms with Crippen molar-refractivity contribution in [2.75, 3.05) is 13.7 Å². The minimum Gasteiger partial charge on any atom is -0.377 e. The number of hydrogen-bond donors (Lipinski definition) is 1. The summed E-state index contributed by atoms with van der Waals surface area (Å²) in [7, 11) is 1.94. The van der Waals surface area contributed by atoms with Gasteiger partial charge in [-0.2, -0.15) is 0 Å². The number of ether oxygens (including phenoxy) is 1. The van der Waals surface area contributed by atoms with Crippen molar-refractivity contribution < 1.29 is 4.74 Å². The van der Waals surface area contributed by atoms with Crippen molar-refractivity contribution >= 4 is 23.2 Å². The van der Waals surface area contributed by atoms with Gasteiger partial charge in [0, 0.05) is 12.6 Å². The molecule has 2 unspecified atom stereocenters. The zero-order chi connectivity index (χ0) is 12.8. The molecule has 2 nitrogen and oxygen atoms in total. The van der Waals surface area contributed by atoms with Crippen LogP contribution in [-0.4, -0.2) is 25.8 Å². The predicted molar refractivity (Wildman–Crippen MR) is 74.1 cm³/mol. The van der Waals surface area contributed by atoms with Gasteiger partial charge in [-0.25, -0.2) is 0 Å².